The first-order chi connectivity index (χ1) is 10.5. The number of rotatable bonds is 5. The molecule has 2 rings (SSSR count). The van der Waals surface area contributed by atoms with Gasteiger partial charge in [0.2, 0.25) is 0 Å². The van der Waals surface area contributed by atoms with Gasteiger partial charge < -0.3 is 5.32 Å². The summed E-state index contributed by atoms with van der Waals surface area (Å²) in [5.74, 6) is -0.557. The molecule has 0 heterocycles. The van der Waals surface area contributed by atoms with Crippen molar-refractivity contribution in [2.24, 2.45) is 5.10 Å². The van der Waals surface area contributed by atoms with Crippen LogP contribution in [0.2, 0.25) is 5.02 Å². The van der Waals surface area contributed by atoms with Gasteiger partial charge in [-0.25, -0.2) is 9.82 Å². The lowest BCUT2D eigenvalue weighted by Crippen LogP contribution is -2.25. The van der Waals surface area contributed by atoms with Gasteiger partial charge in [-0.15, -0.1) is 0 Å². The number of hydrazone groups is 1. The van der Waals surface area contributed by atoms with Gasteiger partial charge in [0.05, 0.1) is 12.8 Å². The van der Waals surface area contributed by atoms with Crippen LogP contribution in [0.4, 0.5) is 10.1 Å². The van der Waals surface area contributed by atoms with Crippen molar-refractivity contribution in [2.75, 3.05) is 11.9 Å². The van der Waals surface area contributed by atoms with Gasteiger partial charge >= 0.3 is 0 Å². The average molecular weight is 320 g/mol. The number of nitrogens with one attached hydrogen (secondary N) is 2. The number of anilines is 1. The van der Waals surface area contributed by atoms with Crippen LogP contribution in [0, 0.1) is 12.7 Å². The second-order valence-electron chi connectivity index (χ2n) is 4.66. The Balaban J connectivity index is 1.80. The van der Waals surface area contributed by atoms with E-state index in [0.29, 0.717) is 16.1 Å². The maximum Gasteiger partial charge on any atom is 0.259 e. The zero-order valence-corrected chi connectivity index (χ0v) is 12.7. The first kappa shape index (κ1) is 16.0. The predicted octanol–water partition coefficient (Wildman–Crippen LogP) is 3.35. The molecule has 0 radical (unpaired) electrons. The predicted molar refractivity (Wildman–Crippen MR) is 86.8 cm³/mol. The Kier molecular flexibility index (Phi) is 5.49. The lowest BCUT2D eigenvalue weighted by atomic mass is 10.1. The molecule has 0 unspecified atom stereocenters. The summed E-state index contributed by atoms with van der Waals surface area (Å²) in [6, 6.07) is 11.6. The van der Waals surface area contributed by atoms with Crippen LogP contribution >= 0.6 is 11.6 Å². The van der Waals surface area contributed by atoms with E-state index in [1.165, 1.54) is 12.3 Å². The van der Waals surface area contributed by atoms with E-state index in [9.17, 15) is 9.18 Å². The van der Waals surface area contributed by atoms with Crippen LogP contribution in [0.15, 0.2) is 47.6 Å². The standard InChI is InChI=1S/C16H15ClFN3O/c1-11-8-12(2-7-15(11)18)9-20-21-16(22)10-19-14-5-3-13(17)4-6-14/h2-9,19H,10H2,1H3,(H,21,22). The Morgan fingerprint density at radius 2 is 2.00 bits per heavy atom. The smallest absolute Gasteiger partial charge is 0.259 e. The lowest BCUT2D eigenvalue weighted by Gasteiger charge is -2.05. The number of carbonyl (C=O) groups is 1. The Hall–Kier alpha value is -2.40. The summed E-state index contributed by atoms with van der Waals surface area (Å²) >= 11 is 5.77. The van der Waals surface area contributed by atoms with Crippen molar-refractivity contribution in [1.82, 2.24) is 5.43 Å². The normalized spacial score (nSPS) is 10.7. The highest BCUT2D eigenvalue weighted by Crippen LogP contribution is 2.12. The number of benzene rings is 2. The molecular formula is C16H15ClFN3O. The molecule has 4 nitrogen and oxygen atoms in total. The average Bonchev–Trinajstić information content (AvgIpc) is 2.50. The molecule has 0 atom stereocenters. The quantitative estimate of drug-likeness (QED) is 0.656. The van der Waals surface area contributed by atoms with E-state index in [0.717, 1.165) is 5.69 Å². The van der Waals surface area contributed by atoms with E-state index in [2.05, 4.69) is 15.8 Å². The minimum Gasteiger partial charge on any atom is -0.376 e. The second-order valence-corrected chi connectivity index (χ2v) is 5.10. The van der Waals surface area contributed by atoms with Crippen LogP contribution in [0.25, 0.3) is 0 Å². The van der Waals surface area contributed by atoms with Crippen molar-refractivity contribution in [1.29, 1.82) is 0 Å². The van der Waals surface area contributed by atoms with Gasteiger partial charge in [-0.1, -0.05) is 17.7 Å². The van der Waals surface area contributed by atoms with Crippen LogP contribution in [0.5, 0.6) is 0 Å². The highest BCUT2D eigenvalue weighted by molar-refractivity contribution is 6.30. The van der Waals surface area contributed by atoms with Gasteiger partial charge in [-0.3, -0.25) is 4.79 Å². The first-order valence-corrected chi connectivity index (χ1v) is 7.00. The van der Waals surface area contributed by atoms with E-state index >= 15 is 0 Å². The summed E-state index contributed by atoms with van der Waals surface area (Å²) in [5.41, 5.74) is 4.42. The topological polar surface area (TPSA) is 53.5 Å². The molecule has 0 aromatic heterocycles. The number of nitrogens with zero attached hydrogens (tertiary/aromatic N) is 1. The molecule has 0 saturated heterocycles. The van der Waals surface area contributed by atoms with Gasteiger partial charge in [-0.2, -0.15) is 5.10 Å². The van der Waals surface area contributed by atoms with Gasteiger partial charge in [0, 0.05) is 10.7 Å². The first-order valence-electron chi connectivity index (χ1n) is 6.62. The highest BCUT2D eigenvalue weighted by Gasteiger charge is 2.00. The molecule has 22 heavy (non-hydrogen) atoms. The van der Waals surface area contributed by atoms with Crippen molar-refractivity contribution >= 4 is 29.4 Å². The molecule has 2 N–H and O–H groups in total. The van der Waals surface area contributed by atoms with Crippen molar-refractivity contribution < 1.29 is 9.18 Å². The second kappa shape index (κ2) is 7.56. The highest BCUT2D eigenvalue weighted by atomic mass is 35.5. The Labute approximate surface area is 133 Å². The zero-order valence-electron chi connectivity index (χ0n) is 11.9. The molecule has 0 saturated carbocycles. The number of carbonyl (C=O) groups excluding carboxylic acids is 1. The summed E-state index contributed by atoms with van der Waals surface area (Å²) in [6.45, 7) is 1.75. The summed E-state index contributed by atoms with van der Waals surface area (Å²) in [5, 5.41) is 7.41. The largest absolute Gasteiger partial charge is 0.376 e. The van der Waals surface area contributed by atoms with Crippen LogP contribution in [-0.2, 0) is 4.79 Å². The third-order valence-corrected chi connectivity index (χ3v) is 3.13. The third kappa shape index (κ3) is 4.86. The fourth-order valence-electron chi connectivity index (χ4n) is 1.72. The van der Waals surface area contributed by atoms with E-state index in [-0.39, 0.29) is 18.3 Å². The molecule has 0 spiro atoms. The summed E-state index contributed by atoms with van der Waals surface area (Å²) in [4.78, 5) is 11.6. The Morgan fingerprint density at radius 3 is 2.68 bits per heavy atom. The fraction of sp³-hybridized carbons (Fsp3) is 0.125. The zero-order chi connectivity index (χ0) is 15.9. The molecule has 6 heteroatoms. The molecular weight excluding hydrogens is 305 g/mol. The summed E-state index contributed by atoms with van der Waals surface area (Å²) in [7, 11) is 0. The minimum atomic E-state index is -0.287. The Bertz CT molecular complexity index is 686. The number of amides is 1. The Morgan fingerprint density at radius 1 is 1.27 bits per heavy atom. The monoisotopic (exact) mass is 319 g/mol. The van der Waals surface area contributed by atoms with E-state index in [1.807, 2.05) is 0 Å². The summed E-state index contributed by atoms with van der Waals surface area (Å²) in [6.07, 6.45) is 1.46. The van der Waals surface area contributed by atoms with Gasteiger partial charge in [0.25, 0.3) is 5.91 Å². The van der Waals surface area contributed by atoms with E-state index in [4.69, 9.17) is 11.6 Å². The molecule has 0 fully saturated rings. The molecule has 1 amide bonds. The van der Waals surface area contributed by atoms with Crippen LogP contribution in [0.3, 0.4) is 0 Å². The number of halogens is 2. The van der Waals surface area contributed by atoms with E-state index in [1.54, 1.807) is 43.3 Å². The SMILES string of the molecule is Cc1cc(C=NNC(=O)CNc2ccc(Cl)cc2)ccc1F. The maximum atomic E-state index is 13.1. The number of hydrogen-bond acceptors (Lipinski definition) is 3. The van der Waals surface area contributed by atoms with Crippen molar-refractivity contribution in [3.63, 3.8) is 0 Å². The molecule has 0 aliphatic heterocycles. The molecule has 2 aromatic carbocycles. The third-order valence-electron chi connectivity index (χ3n) is 2.88. The van der Waals surface area contributed by atoms with Crippen LogP contribution in [0.1, 0.15) is 11.1 Å². The van der Waals surface area contributed by atoms with Crippen LogP contribution in [-0.4, -0.2) is 18.7 Å². The minimum absolute atomic E-state index is 0.0847. The van der Waals surface area contributed by atoms with Crippen LogP contribution < -0.4 is 10.7 Å². The van der Waals surface area contributed by atoms with E-state index < -0.39 is 0 Å². The maximum absolute atomic E-state index is 13.1. The molecule has 0 aliphatic carbocycles. The molecule has 2 aromatic rings. The fourth-order valence-corrected chi connectivity index (χ4v) is 1.84. The van der Waals surface area contributed by atoms with Crippen molar-refractivity contribution in [3.8, 4) is 0 Å². The molecule has 114 valence electrons. The van der Waals surface area contributed by atoms with Crippen molar-refractivity contribution in [2.45, 2.75) is 6.92 Å². The summed E-state index contributed by atoms with van der Waals surface area (Å²) < 4.78 is 13.1. The van der Waals surface area contributed by atoms with Gasteiger partial charge in [0.1, 0.15) is 5.82 Å². The molecule has 0 bridgehead atoms. The molecule has 0 aliphatic rings. The van der Waals surface area contributed by atoms with Crippen molar-refractivity contribution in [3.05, 3.63) is 64.4 Å². The van der Waals surface area contributed by atoms with Gasteiger partial charge in [-0.05, 0) is 54.4 Å². The lowest BCUT2D eigenvalue weighted by molar-refractivity contribution is -0.119. The number of hydrogen-bond donors (Lipinski definition) is 2. The van der Waals surface area contributed by atoms with Gasteiger partial charge in [0.15, 0.2) is 0 Å². The number of aryl methyl sites for hydroxylation is 1.